The maximum atomic E-state index is 14.5. The standard InChI is InChI=1S/C42H54Cl2N2O7/c1-28-21-37(43)39(38(44)22-28)53-20-19-52-33-12-8-31(9-13-33)35-14-16-45-26-36(35)40(47)46(32-10-11-32)27-30-23-29(7-6-17-49-4)24-34(25-30)51-18-15-42(2,3)41(48)50-5/h8-9,12-13,21-25,32,35-36,45H,6-7,10-11,14-20,26-27H2,1-5H3/t35-,36+/m1/s1. The van der Waals surface area contributed by atoms with Crippen LogP contribution in [0.3, 0.4) is 0 Å². The van der Waals surface area contributed by atoms with Gasteiger partial charge in [0.2, 0.25) is 5.91 Å². The minimum atomic E-state index is -0.651. The summed E-state index contributed by atoms with van der Waals surface area (Å²) in [6.07, 6.45) is 5.12. The van der Waals surface area contributed by atoms with E-state index in [1.165, 1.54) is 7.11 Å². The first kappa shape index (κ1) is 40.7. The zero-order valence-electron chi connectivity index (χ0n) is 31.7. The van der Waals surface area contributed by atoms with Gasteiger partial charge in [-0.15, -0.1) is 0 Å². The average Bonchev–Trinajstić information content (AvgIpc) is 3.98. The molecule has 0 aromatic heterocycles. The number of methoxy groups -OCH3 is 2. The number of hydrogen-bond donors (Lipinski definition) is 1. The molecule has 1 aliphatic heterocycles. The van der Waals surface area contributed by atoms with Crippen molar-refractivity contribution in [3.05, 3.63) is 86.9 Å². The molecule has 1 saturated carbocycles. The quantitative estimate of drug-likeness (QED) is 0.0964. The van der Waals surface area contributed by atoms with Crippen molar-refractivity contribution in [2.75, 3.05) is 53.7 Å². The number of halogens is 2. The summed E-state index contributed by atoms with van der Waals surface area (Å²) in [6, 6.07) is 18.2. The van der Waals surface area contributed by atoms with E-state index >= 15 is 0 Å². The molecule has 3 aromatic rings. The third-order valence-corrected chi connectivity index (χ3v) is 10.6. The second-order valence-corrected chi connectivity index (χ2v) is 15.6. The lowest BCUT2D eigenvalue weighted by Crippen LogP contribution is -2.47. The summed E-state index contributed by atoms with van der Waals surface area (Å²) in [4.78, 5) is 28.8. The zero-order valence-corrected chi connectivity index (χ0v) is 33.2. The molecule has 1 heterocycles. The summed E-state index contributed by atoms with van der Waals surface area (Å²) in [5.41, 5.74) is 3.63. The van der Waals surface area contributed by atoms with Crippen LogP contribution in [0.5, 0.6) is 17.2 Å². The second kappa shape index (κ2) is 19.2. The number of nitrogens with zero attached hydrogens (tertiary/aromatic N) is 1. The number of hydrogen-bond acceptors (Lipinski definition) is 8. The number of esters is 1. The van der Waals surface area contributed by atoms with Gasteiger partial charge in [0.05, 0.1) is 35.1 Å². The van der Waals surface area contributed by atoms with Gasteiger partial charge in [-0.05, 0) is 130 Å². The Kier molecular flexibility index (Phi) is 14.7. The van der Waals surface area contributed by atoms with Crippen molar-refractivity contribution >= 4 is 35.1 Å². The van der Waals surface area contributed by atoms with Crippen molar-refractivity contribution in [2.45, 2.75) is 77.8 Å². The number of ether oxygens (including phenoxy) is 5. The molecule has 0 radical (unpaired) electrons. The van der Waals surface area contributed by atoms with Crippen LogP contribution in [-0.2, 0) is 32.0 Å². The van der Waals surface area contributed by atoms with E-state index in [4.69, 9.17) is 46.9 Å². The Morgan fingerprint density at radius 3 is 2.21 bits per heavy atom. The van der Waals surface area contributed by atoms with Crippen LogP contribution < -0.4 is 19.5 Å². The molecule has 0 bridgehead atoms. The van der Waals surface area contributed by atoms with Gasteiger partial charge in [-0.3, -0.25) is 9.59 Å². The van der Waals surface area contributed by atoms with E-state index in [2.05, 4.69) is 34.5 Å². The third kappa shape index (κ3) is 11.5. The van der Waals surface area contributed by atoms with Crippen LogP contribution in [0.4, 0.5) is 0 Å². The second-order valence-electron chi connectivity index (χ2n) is 14.8. The van der Waals surface area contributed by atoms with Crippen LogP contribution in [0.15, 0.2) is 54.6 Å². The Hall–Kier alpha value is -3.50. The van der Waals surface area contributed by atoms with E-state index in [0.29, 0.717) is 61.7 Å². The summed E-state index contributed by atoms with van der Waals surface area (Å²) in [5.74, 6) is 1.76. The number of nitrogens with one attached hydrogen (secondary N) is 1. The van der Waals surface area contributed by atoms with Gasteiger partial charge in [0.25, 0.3) is 0 Å². The fraction of sp³-hybridized carbons (Fsp3) is 0.524. The highest BCUT2D eigenvalue weighted by atomic mass is 35.5. The van der Waals surface area contributed by atoms with Gasteiger partial charge in [0, 0.05) is 32.8 Å². The molecular weight excluding hydrogens is 715 g/mol. The van der Waals surface area contributed by atoms with Crippen molar-refractivity contribution in [1.29, 1.82) is 0 Å². The van der Waals surface area contributed by atoms with E-state index in [1.54, 1.807) is 7.11 Å². The Morgan fingerprint density at radius 2 is 1.53 bits per heavy atom. The van der Waals surface area contributed by atoms with Gasteiger partial charge >= 0.3 is 5.97 Å². The van der Waals surface area contributed by atoms with Crippen LogP contribution in [0.1, 0.15) is 74.1 Å². The van der Waals surface area contributed by atoms with Crippen molar-refractivity contribution in [1.82, 2.24) is 10.2 Å². The molecule has 2 fully saturated rings. The van der Waals surface area contributed by atoms with E-state index in [-0.39, 0.29) is 29.8 Å². The SMILES string of the molecule is COCCCc1cc(CN(C(=O)[C@H]2CNCC[C@@H]2c2ccc(OCCOc3c(Cl)cc(C)cc3Cl)cc2)C2CC2)cc(OCCC(C)(C)C(=O)OC)c1. The molecule has 0 spiro atoms. The monoisotopic (exact) mass is 768 g/mol. The Labute approximate surface area is 324 Å². The molecule has 11 heteroatoms. The smallest absolute Gasteiger partial charge is 0.311 e. The van der Waals surface area contributed by atoms with Gasteiger partial charge < -0.3 is 33.9 Å². The first-order chi connectivity index (χ1) is 25.5. The number of benzene rings is 3. The van der Waals surface area contributed by atoms with Crippen molar-refractivity contribution in [3.8, 4) is 17.2 Å². The van der Waals surface area contributed by atoms with Crippen molar-refractivity contribution in [3.63, 3.8) is 0 Å². The molecule has 1 saturated heterocycles. The predicted octanol–water partition coefficient (Wildman–Crippen LogP) is 8.19. The van der Waals surface area contributed by atoms with Gasteiger partial charge in [-0.2, -0.15) is 0 Å². The molecule has 288 valence electrons. The molecule has 2 aliphatic rings. The molecular formula is C42H54Cl2N2O7. The van der Waals surface area contributed by atoms with Gasteiger partial charge in [-0.25, -0.2) is 0 Å². The molecule has 2 atom stereocenters. The highest BCUT2D eigenvalue weighted by Crippen LogP contribution is 2.38. The number of carbonyl (C=O) groups excluding carboxylic acids is 2. The number of aryl methyl sites for hydroxylation is 2. The first-order valence-electron chi connectivity index (χ1n) is 18.6. The summed E-state index contributed by atoms with van der Waals surface area (Å²) < 4.78 is 28.3. The summed E-state index contributed by atoms with van der Waals surface area (Å²) in [6.45, 7) is 9.32. The molecule has 3 aromatic carbocycles. The highest BCUT2D eigenvalue weighted by molar-refractivity contribution is 6.37. The fourth-order valence-corrected chi connectivity index (χ4v) is 7.61. The third-order valence-electron chi connectivity index (χ3n) is 10.0. The first-order valence-corrected chi connectivity index (χ1v) is 19.4. The highest BCUT2D eigenvalue weighted by Gasteiger charge is 2.40. The largest absolute Gasteiger partial charge is 0.494 e. The van der Waals surface area contributed by atoms with Gasteiger partial charge in [0.15, 0.2) is 5.75 Å². The zero-order chi connectivity index (χ0) is 38.0. The Bertz CT molecular complexity index is 1660. The Morgan fingerprint density at radius 1 is 0.849 bits per heavy atom. The molecule has 1 amide bonds. The normalized spacial score (nSPS) is 17.3. The van der Waals surface area contributed by atoms with Crippen LogP contribution >= 0.6 is 23.2 Å². The topological polar surface area (TPSA) is 95.6 Å². The number of piperidine rings is 1. The minimum absolute atomic E-state index is 0.0886. The lowest BCUT2D eigenvalue weighted by Gasteiger charge is -2.36. The van der Waals surface area contributed by atoms with Gasteiger partial charge in [-0.1, -0.05) is 41.4 Å². The molecule has 0 unspecified atom stereocenters. The molecule has 9 nitrogen and oxygen atoms in total. The maximum absolute atomic E-state index is 14.5. The van der Waals surface area contributed by atoms with Crippen LogP contribution in [0.2, 0.25) is 10.0 Å². The summed E-state index contributed by atoms with van der Waals surface area (Å²) in [5, 5.41) is 4.44. The van der Waals surface area contributed by atoms with E-state index in [9.17, 15) is 9.59 Å². The van der Waals surface area contributed by atoms with Crippen molar-refractivity contribution in [2.24, 2.45) is 11.3 Å². The summed E-state index contributed by atoms with van der Waals surface area (Å²) in [7, 11) is 3.12. The van der Waals surface area contributed by atoms with Crippen LogP contribution in [0, 0.1) is 18.3 Å². The van der Waals surface area contributed by atoms with Crippen molar-refractivity contribution < 1.29 is 33.3 Å². The maximum Gasteiger partial charge on any atom is 0.311 e. The number of carbonyl (C=O) groups is 2. The molecule has 5 rings (SSSR count). The minimum Gasteiger partial charge on any atom is -0.494 e. The fourth-order valence-electron chi connectivity index (χ4n) is 6.91. The number of amides is 1. The Balaban J connectivity index is 1.24. The molecule has 1 N–H and O–H groups in total. The summed E-state index contributed by atoms with van der Waals surface area (Å²) >= 11 is 12.6. The predicted molar refractivity (Wildman–Crippen MR) is 208 cm³/mol. The van der Waals surface area contributed by atoms with E-state index < -0.39 is 5.41 Å². The van der Waals surface area contributed by atoms with Crippen LogP contribution in [0.25, 0.3) is 0 Å². The molecule has 53 heavy (non-hydrogen) atoms. The average molecular weight is 770 g/mol. The lowest BCUT2D eigenvalue weighted by molar-refractivity contribution is -0.151. The van der Waals surface area contributed by atoms with E-state index in [0.717, 1.165) is 72.4 Å². The van der Waals surface area contributed by atoms with Gasteiger partial charge in [0.1, 0.15) is 24.7 Å². The van der Waals surface area contributed by atoms with E-state index in [1.807, 2.05) is 51.1 Å². The van der Waals surface area contributed by atoms with Crippen LogP contribution in [-0.4, -0.2) is 76.6 Å². The molecule has 1 aliphatic carbocycles. The number of rotatable bonds is 19. The lowest BCUT2D eigenvalue weighted by atomic mass is 9.80.